The van der Waals surface area contributed by atoms with E-state index in [1.807, 2.05) is 0 Å². The third-order valence-electron chi connectivity index (χ3n) is 8.99. The molecule has 0 aromatic carbocycles. The van der Waals surface area contributed by atoms with Crippen LogP contribution in [0.15, 0.2) is 0 Å². The maximum atomic E-state index is 10.1. The fourth-order valence-electron chi connectivity index (χ4n) is 7.71. The van der Waals surface area contributed by atoms with Crippen molar-refractivity contribution >= 4 is 12.4 Å². The van der Waals surface area contributed by atoms with Crippen molar-refractivity contribution in [2.24, 2.45) is 34.5 Å². The molecule has 8 atom stereocenters. The summed E-state index contributed by atoms with van der Waals surface area (Å²) in [5.41, 5.74) is 1.08. The Hall–Kier alpha value is 0.210. The first-order valence-electron chi connectivity index (χ1n) is 9.84. The van der Waals surface area contributed by atoms with E-state index in [9.17, 15) is 5.11 Å². The van der Waals surface area contributed by atoms with Crippen LogP contribution in [0.2, 0.25) is 0 Å². The van der Waals surface area contributed by atoms with Crippen molar-refractivity contribution in [1.82, 2.24) is 5.32 Å². The minimum absolute atomic E-state index is 0. The number of fused-ring (bicyclic) bond motifs is 5. The maximum absolute atomic E-state index is 10.1. The van der Waals surface area contributed by atoms with E-state index in [2.05, 4.69) is 26.2 Å². The van der Waals surface area contributed by atoms with Crippen molar-refractivity contribution in [2.75, 3.05) is 7.05 Å². The van der Waals surface area contributed by atoms with Crippen LogP contribution in [-0.4, -0.2) is 24.3 Å². The van der Waals surface area contributed by atoms with Crippen LogP contribution in [0.25, 0.3) is 0 Å². The molecule has 2 nitrogen and oxygen atoms in total. The molecule has 4 rings (SSSR count). The summed E-state index contributed by atoms with van der Waals surface area (Å²) in [4.78, 5) is 0. The lowest BCUT2D eigenvalue weighted by molar-refractivity contribution is -0.123. The summed E-state index contributed by atoms with van der Waals surface area (Å²) in [6, 6.07) is 0.747. The molecule has 23 heavy (non-hydrogen) atoms. The summed E-state index contributed by atoms with van der Waals surface area (Å²) < 4.78 is 0. The fraction of sp³-hybridized carbons (Fsp3) is 1.00. The Bertz CT molecular complexity index is 443. The van der Waals surface area contributed by atoms with Gasteiger partial charge in [-0.25, -0.2) is 0 Å². The van der Waals surface area contributed by atoms with E-state index in [4.69, 9.17) is 0 Å². The van der Waals surface area contributed by atoms with Gasteiger partial charge in [-0.1, -0.05) is 13.8 Å². The van der Waals surface area contributed by atoms with E-state index in [1.54, 1.807) is 0 Å². The molecule has 0 radical (unpaired) electrons. The van der Waals surface area contributed by atoms with Crippen LogP contribution in [0.5, 0.6) is 0 Å². The van der Waals surface area contributed by atoms with Crippen molar-refractivity contribution in [3.05, 3.63) is 0 Å². The Morgan fingerprint density at radius 1 is 0.870 bits per heavy atom. The highest BCUT2D eigenvalue weighted by molar-refractivity contribution is 5.85. The van der Waals surface area contributed by atoms with Crippen LogP contribution in [0, 0.1) is 34.5 Å². The van der Waals surface area contributed by atoms with Gasteiger partial charge in [-0.3, -0.25) is 0 Å². The lowest BCUT2D eigenvalue weighted by Gasteiger charge is -2.61. The van der Waals surface area contributed by atoms with Gasteiger partial charge in [0.05, 0.1) is 6.10 Å². The Labute approximate surface area is 148 Å². The summed E-state index contributed by atoms with van der Waals surface area (Å²) in [5, 5.41) is 13.7. The maximum Gasteiger partial charge on any atom is 0.0543 e. The third kappa shape index (κ3) is 2.50. The van der Waals surface area contributed by atoms with Crippen LogP contribution in [0.1, 0.15) is 71.6 Å². The lowest BCUT2D eigenvalue weighted by atomic mass is 9.45. The minimum Gasteiger partial charge on any atom is -0.393 e. The Morgan fingerprint density at radius 2 is 1.57 bits per heavy atom. The van der Waals surface area contributed by atoms with Gasteiger partial charge in [0.1, 0.15) is 0 Å². The van der Waals surface area contributed by atoms with Crippen molar-refractivity contribution in [1.29, 1.82) is 0 Å². The molecule has 4 fully saturated rings. The smallest absolute Gasteiger partial charge is 0.0543 e. The van der Waals surface area contributed by atoms with Gasteiger partial charge in [-0.05, 0) is 99.3 Å². The predicted octanol–water partition coefficient (Wildman–Crippen LogP) is 4.40. The quantitative estimate of drug-likeness (QED) is 0.740. The van der Waals surface area contributed by atoms with E-state index in [-0.39, 0.29) is 18.5 Å². The molecule has 134 valence electrons. The van der Waals surface area contributed by atoms with Crippen molar-refractivity contribution < 1.29 is 5.11 Å². The molecule has 4 aliphatic carbocycles. The fourth-order valence-corrected chi connectivity index (χ4v) is 7.71. The molecule has 2 N–H and O–H groups in total. The van der Waals surface area contributed by atoms with Gasteiger partial charge in [0.15, 0.2) is 0 Å². The molecule has 0 bridgehead atoms. The normalized spacial score (nSPS) is 55.3. The highest BCUT2D eigenvalue weighted by Gasteiger charge is 2.59. The van der Waals surface area contributed by atoms with Crippen molar-refractivity contribution in [2.45, 2.75) is 83.8 Å². The van der Waals surface area contributed by atoms with E-state index < -0.39 is 0 Å². The number of hydrogen-bond donors (Lipinski definition) is 2. The zero-order valence-corrected chi connectivity index (χ0v) is 16.0. The van der Waals surface area contributed by atoms with Crippen molar-refractivity contribution in [3.8, 4) is 0 Å². The molecule has 0 spiro atoms. The number of aliphatic hydroxyl groups excluding tert-OH is 1. The molecule has 0 heterocycles. The molecule has 0 aromatic heterocycles. The molecule has 0 unspecified atom stereocenters. The molecule has 0 amide bonds. The number of aliphatic hydroxyl groups is 1. The standard InChI is InChI=1S/C20H35NO.ClH/c1-19-10-8-14(22)12-13(19)4-5-15-16-6-7-18(21-3)20(16,2)11-9-17(15)19;/h13-18,21-22H,4-12H2,1-3H3;1H/t13-,14+,15-,16-,17-,18+,19-,20-;/m0./s1. The average Bonchev–Trinajstić information content (AvgIpc) is 2.84. The lowest BCUT2D eigenvalue weighted by Crippen LogP contribution is -2.55. The summed E-state index contributed by atoms with van der Waals surface area (Å²) >= 11 is 0. The molecule has 0 saturated heterocycles. The van der Waals surface area contributed by atoms with Crippen LogP contribution >= 0.6 is 12.4 Å². The number of hydrogen-bond acceptors (Lipinski definition) is 2. The summed E-state index contributed by atoms with van der Waals surface area (Å²) in [7, 11) is 2.17. The minimum atomic E-state index is -0.0105. The molecule has 3 heteroatoms. The van der Waals surface area contributed by atoms with Gasteiger partial charge in [0.25, 0.3) is 0 Å². The van der Waals surface area contributed by atoms with Crippen LogP contribution in [0.4, 0.5) is 0 Å². The zero-order chi connectivity index (χ0) is 15.5. The first kappa shape index (κ1) is 18.0. The average molecular weight is 342 g/mol. The first-order chi connectivity index (χ1) is 10.5. The summed E-state index contributed by atoms with van der Waals surface area (Å²) in [5.74, 6) is 3.65. The van der Waals surface area contributed by atoms with Gasteiger partial charge < -0.3 is 10.4 Å². The van der Waals surface area contributed by atoms with Gasteiger partial charge in [-0.15, -0.1) is 12.4 Å². The SMILES string of the molecule is CN[C@@H]1CC[C@H]2[C@@H]3CC[C@H]4C[C@H](O)CC[C@]4(C)[C@H]3CC[C@]12C.Cl. The topological polar surface area (TPSA) is 32.3 Å². The summed E-state index contributed by atoms with van der Waals surface area (Å²) in [6.45, 7) is 5.18. The monoisotopic (exact) mass is 341 g/mol. The molecule has 4 saturated carbocycles. The number of rotatable bonds is 1. The highest BCUT2D eigenvalue weighted by Crippen LogP contribution is 2.66. The second-order valence-corrected chi connectivity index (χ2v) is 9.55. The van der Waals surface area contributed by atoms with E-state index >= 15 is 0 Å². The van der Waals surface area contributed by atoms with Crippen molar-refractivity contribution in [3.63, 3.8) is 0 Å². The number of nitrogens with one attached hydrogen (secondary N) is 1. The van der Waals surface area contributed by atoms with Gasteiger partial charge in [0, 0.05) is 6.04 Å². The predicted molar refractivity (Wildman–Crippen MR) is 97.8 cm³/mol. The second-order valence-electron chi connectivity index (χ2n) is 9.55. The van der Waals surface area contributed by atoms with E-state index in [1.165, 1.54) is 44.9 Å². The van der Waals surface area contributed by atoms with E-state index in [0.717, 1.165) is 42.6 Å². The van der Waals surface area contributed by atoms with Crippen LogP contribution < -0.4 is 5.32 Å². The molecule has 4 aliphatic rings. The summed E-state index contributed by atoms with van der Waals surface area (Å²) in [6.07, 6.45) is 11.9. The third-order valence-corrected chi connectivity index (χ3v) is 8.99. The van der Waals surface area contributed by atoms with Crippen LogP contribution in [0.3, 0.4) is 0 Å². The van der Waals surface area contributed by atoms with E-state index in [0.29, 0.717) is 10.8 Å². The molecule has 0 aliphatic heterocycles. The van der Waals surface area contributed by atoms with Gasteiger partial charge in [0.2, 0.25) is 0 Å². The van der Waals surface area contributed by atoms with Gasteiger partial charge >= 0.3 is 0 Å². The molecule has 0 aromatic rings. The Kier molecular flexibility index (Phi) is 4.84. The largest absolute Gasteiger partial charge is 0.393 e. The number of halogens is 1. The zero-order valence-electron chi connectivity index (χ0n) is 15.2. The van der Waals surface area contributed by atoms with Crippen LogP contribution in [-0.2, 0) is 0 Å². The first-order valence-corrected chi connectivity index (χ1v) is 9.84. The molecular weight excluding hydrogens is 306 g/mol. The highest BCUT2D eigenvalue weighted by atomic mass is 35.5. The Balaban J connectivity index is 0.00000156. The molecular formula is C20H36ClNO. The Morgan fingerprint density at radius 3 is 2.30 bits per heavy atom. The second kappa shape index (κ2) is 6.18. The van der Waals surface area contributed by atoms with Gasteiger partial charge in [-0.2, -0.15) is 0 Å².